The van der Waals surface area contributed by atoms with E-state index < -0.39 is 22.0 Å². The highest BCUT2D eigenvalue weighted by molar-refractivity contribution is 7.92. The molecule has 0 spiro atoms. The number of nitrogens with zero attached hydrogens (tertiary/aromatic N) is 2. The van der Waals surface area contributed by atoms with Crippen LogP contribution < -0.4 is 19.3 Å². The maximum Gasteiger partial charge on any atom is 0.247 e. The van der Waals surface area contributed by atoms with Crippen molar-refractivity contribution in [3.8, 4) is 5.75 Å². The first-order valence-corrected chi connectivity index (χ1v) is 11.9. The molecular weight excluding hydrogens is 442 g/mol. The van der Waals surface area contributed by atoms with Gasteiger partial charge in [0.2, 0.25) is 21.8 Å². The maximum absolute atomic E-state index is 12.9. The Balaban J connectivity index is 1.83. The lowest BCUT2D eigenvalue weighted by Gasteiger charge is -2.29. The first-order chi connectivity index (χ1) is 14.6. The number of sulfonamides is 1. The van der Waals surface area contributed by atoms with Crippen LogP contribution in [0.4, 0.5) is 17.1 Å². The summed E-state index contributed by atoms with van der Waals surface area (Å²) in [5.41, 5.74) is 1.41. The molecule has 2 aromatic rings. The number of benzene rings is 2. The molecule has 0 bridgehead atoms. The second-order valence-electron chi connectivity index (χ2n) is 7.24. The van der Waals surface area contributed by atoms with Gasteiger partial charge in [-0.3, -0.25) is 13.9 Å². The largest absolute Gasteiger partial charge is 0.495 e. The van der Waals surface area contributed by atoms with Gasteiger partial charge in [-0.15, -0.1) is 0 Å². The zero-order valence-corrected chi connectivity index (χ0v) is 19.0. The van der Waals surface area contributed by atoms with Gasteiger partial charge in [-0.2, -0.15) is 0 Å². The highest BCUT2D eigenvalue weighted by Gasteiger charge is 2.31. The number of methoxy groups -OCH3 is 1. The smallest absolute Gasteiger partial charge is 0.247 e. The average molecular weight is 466 g/mol. The Morgan fingerprint density at radius 1 is 1.23 bits per heavy atom. The van der Waals surface area contributed by atoms with E-state index in [1.54, 1.807) is 41.3 Å². The number of carbonyl (C=O) groups excluding carboxylic acids is 2. The van der Waals surface area contributed by atoms with Crippen LogP contribution in [-0.4, -0.2) is 46.2 Å². The predicted octanol–water partition coefficient (Wildman–Crippen LogP) is 3.27. The third kappa shape index (κ3) is 5.11. The summed E-state index contributed by atoms with van der Waals surface area (Å²) in [6.07, 6.45) is 2.37. The molecule has 10 heteroatoms. The van der Waals surface area contributed by atoms with Crippen LogP contribution in [0, 0.1) is 0 Å². The third-order valence-electron chi connectivity index (χ3n) is 4.99. The zero-order valence-electron chi connectivity index (χ0n) is 17.5. The summed E-state index contributed by atoms with van der Waals surface area (Å²) < 4.78 is 31.3. The van der Waals surface area contributed by atoms with E-state index in [4.69, 9.17) is 16.3 Å². The lowest BCUT2D eigenvalue weighted by Crippen LogP contribution is -2.45. The molecule has 1 aliphatic rings. The van der Waals surface area contributed by atoms with E-state index in [9.17, 15) is 18.0 Å². The molecule has 0 radical (unpaired) electrons. The first-order valence-electron chi connectivity index (χ1n) is 9.66. The molecule has 1 heterocycles. The van der Waals surface area contributed by atoms with Crippen LogP contribution in [0.5, 0.6) is 5.75 Å². The van der Waals surface area contributed by atoms with Crippen LogP contribution >= 0.6 is 11.6 Å². The van der Waals surface area contributed by atoms with Crippen molar-refractivity contribution < 1.29 is 22.7 Å². The van der Waals surface area contributed by atoms with Crippen molar-refractivity contribution in [3.05, 3.63) is 47.5 Å². The van der Waals surface area contributed by atoms with Gasteiger partial charge in [0, 0.05) is 29.4 Å². The SMILES string of the molecule is COc1ccc(Cl)cc1N(C(C)C(=O)Nc1ccc(N2CCCC2=O)cc1)S(C)(=O)=O. The summed E-state index contributed by atoms with van der Waals surface area (Å²) in [4.78, 5) is 26.5. The summed E-state index contributed by atoms with van der Waals surface area (Å²) in [5.74, 6) is -0.184. The Kier molecular flexibility index (Phi) is 6.76. The lowest BCUT2D eigenvalue weighted by molar-refractivity contribution is -0.117. The highest BCUT2D eigenvalue weighted by atomic mass is 35.5. The molecule has 2 amide bonds. The molecule has 166 valence electrons. The molecule has 2 aromatic carbocycles. The number of carbonyl (C=O) groups is 2. The fraction of sp³-hybridized carbons (Fsp3) is 0.333. The fourth-order valence-corrected chi connectivity index (χ4v) is 4.85. The van der Waals surface area contributed by atoms with Crippen molar-refractivity contribution in [2.45, 2.75) is 25.8 Å². The second-order valence-corrected chi connectivity index (χ2v) is 9.53. The molecular formula is C21H24ClN3O5S. The minimum atomic E-state index is -3.84. The number of hydrogen-bond donors (Lipinski definition) is 1. The fourth-order valence-electron chi connectivity index (χ4n) is 3.51. The van der Waals surface area contributed by atoms with Crippen LogP contribution in [0.15, 0.2) is 42.5 Å². The van der Waals surface area contributed by atoms with Crippen molar-refractivity contribution in [1.29, 1.82) is 0 Å². The summed E-state index contributed by atoms with van der Waals surface area (Å²) in [5, 5.41) is 3.03. The van der Waals surface area contributed by atoms with E-state index in [0.29, 0.717) is 23.7 Å². The standard InChI is InChI=1S/C21H24ClN3O5S/c1-14(25(31(3,28)29)18-13-15(22)6-11-19(18)30-2)21(27)23-16-7-9-17(10-8-16)24-12-4-5-20(24)26/h6-11,13-14H,4-5,12H2,1-3H3,(H,23,27). The molecule has 0 aliphatic carbocycles. The van der Waals surface area contributed by atoms with Gasteiger partial charge in [-0.1, -0.05) is 11.6 Å². The topological polar surface area (TPSA) is 96.0 Å². The molecule has 1 fully saturated rings. The maximum atomic E-state index is 12.9. The normalized spacial score (nSPS) is 15.0. The Morgan fingerprint density at radius 3 is 2.45 bits per heavy atom. The van der Waals surface area contributed by atoms with Crippen LogP contribution in [-0.2, 0) is 19.6 Å². The molecule has 31 heavy (non-hydrogen) atoms. The number of rotatable bonds is 7. The molecule has 1 aliphatic heterocycles. The van der Waals surface area contributed by atoms with E-state index in [0.717, 1.165) is 22.7 Å². The Bertz CT molecular complexity index is 1090. The van der Waals surface area contributed by atoms with E-state index >= 15 is 0 Å². The Labute approximate surface area is 186 Å². The van der Waals surface area contributed by atoms with Gasteiger partial charge in [-0.25, -0.2) is 8.42 Å². The van der Waals surface area contributed by atoms with Crippen molar-refractivity contribution in [2.75, 3.05) is 34.4 Å². The number of halogens is 1. The minimum absolute atomic E-state index is 0.0738. The average Bonchev–Trinajstić information content (AvgIpc) is 3.13. The van der Waals surface area contributed by atoms with Gasteiger partial charge in [0.05, 0.1) is 19.1 Å². The van der Waals surface area contributed by atoms with Gasteiger partial charge in [0.25, 0.3) is 0 Å². The van der Waals surface area contributed by atoms with Gasteiger partial charge in [0.15, 0.2) is 0 Å². The summed E-state index contributed by atoms with van der Waals surface area (Å²) >= 11 is 6.06. The summed E-state index contributed by atoms with van der Waals surface area (Å²) in [6.45, 7) is 2.15. The molecule has 1 saturated heterocycles. The van der Waals surface area contributed by atoms with Gasteiger partial charge in [0.1, 0.15) is 11.8 Å². The number of hydrogen-bond acceptors (Lipinski definition) is 5. The molecule has 1 unspecified atom stereocenters. The van der Waals surface area contributed by atoms with E-state index in [1.165, 1.54) is 20.1 Å². The zero-order chi connectivity index (χ0) is 22.8. The molecule has 0 aromatic heterocycles. The number of ether oxygens (including phenoxy) is 1. The number of amides is 2. The highest BCUT2D eigenvalue weighted by Crippen LogP contribution is 2.34. The summed E-state index contributed by atoms with van der Waals surface area (Å²) in [7, 11) is -2.43. The molecule has 1 N–H and O–H groups in total. The quantitative estimate of drug-likeness (QED) is 0.677. The minimum Gasteiger partial charge on any atom is -0.495 e. The Morgan fingerprint density at radius 2 is 1.90 bits per heavy atom. The molecule has 8 nitrogen and oxygen atoms in total. The van der Waals surface area contributed by atoms with Crippen LogP contribution in [0.2, 0.25) is 5.02 Å². The van der Waals surface area contributed by atoms with Crippen LogP contribution in [0.25, 0.3) is 0 Å². The van der Waals surface area contributed by atoms with Crippen molar-refractivity contribution >= 4 is 50.5 Å². The van der Waals surface area contributed by atoms with Gasteiger partial charge in [-0.05, 0) is 55.8 Å². The van der Waals surface area contributed by atoms with E-state index in [-0.39, 0.29) is 17.3 Å². The summed E-state index contributed by atoms with van der Waals surface area (Å²) in [6, 6.07) is 10.3. The van der Waals surface area contributed by atoms with Crippen LogP contribution in [0.3, 0.4) is 0 Å². The first kappa shape index (κ1) is 22.9. The van der Waals surface area contributed by atoms with Crippen molar-refractivity contribution in [2.24, 2.45) is 0 Å². The molecule has 1 atom stereocenters. The van der Waals surface area contributed by atoms with Crippen LogP contribution in [0.1, 0.15) is 19.8 Å². The van der Waals surface area contributed by atoms with Gasteiger partial charge < -0.3 is 15.0 Å². The van der Waals surface area contributed by atoms with Crippen molar-refractivity contribution in [1.82, 2.24) is 0 Å². The number of nitrogens with one attached hydrogen (secondary N) is 1. The van der Waals surface area contributed by atoms with E-state index in [2.05, 4.69) is 5.32 Å². The monoisotopic (exact) mass is 465 g/mol. The number of anilines is 3. The molecule has 3 rings (SSSR count). The third-order valence-corrected chi connectivity index (χ3v) is 6.45. The van der Waals surface area contributed by atoms with E-state index in [1.807, 2.05) is 0 Å². The second kappa shape index (κ2) is 9.15. The molecule has 0 saturated carbocycles. The van der Waals surface area contributed by atoms with Gasteiger partial charge >= 0.3 is 0 Å². The lowest BCUT2D eigenvalue weighted by atomic mass is 10.2. The van der Waals surface area contributed by atoms with Crippen molar-refractivity contribution in [3.63, 3.8) is 0 Å². The Hall–Kier alpha value is -2.78. The predicted molar refractivity (Wildman–Crippen MR) is 121 cm³/mol.